The van der Waals surface area contributed by atoms with Crippen LogP contribution < -0.4 is 4.74 Å². The summed E-state index contributed by atoms with van der Waals surface area (Å²) in [7, 11) is 0. The molecule has 0 amide bonds. The molecule has 3 nitrogen and oxygen atoms in total. The predicted octanol–water partition coefficient (Wildman–Crippen LogP) is 3.37. The first-order valence-electron chi connectivity index (χ1n) is 5.46. The van der Waals surface area contributed by atoms with Crippen molar-refractivity contribution in [1.82, 2.24) is 0 Å². The number of halogens is 3. The summed E-state index contributed by atoms with van der Waals surface area (Å²) in [5.74, 6) is 0.0679. The predicted molar refractivity (Wildman–Crippen MR) is 58.1 cm³/mol. The van der Waals surface area contributed by atoms with E-state index in [-0.39, 0.29) is 17.9 Å². The second-order valence-electron chi connectivity index (χ2n) is 3.92. The maximum atomic E-state index is 12.1. The van der Waals surface area contributed by atoms with Gasteiger partial charge in [-0.1, -0.05) is 23.4 Å². The fraction of sp³-hybridized carbons (Fsp3) is 0.417. The van der Waals surface area contributed by atoms with Crippen molar-refractivity contribution in [1.29, 1.82) is 0 Å². The van der Waals surface area contributed by atoms with E-state index in [1.54, 1.807) is 6.07 Å². The normalized spacial score (nSPS) is 15.9. The van der Waals surface area contributed by atoms with Crippen LogP contribution in [0.3, 0.4) is 0 Å². The summed E-state index contributed by atoms with van der Waals surface area (Å²) in [4.78, 5) is 4.89. The number of benzene rings is 1. The van der Waals surface area contributed by atoms with Crippen LogP contribution in [-0.2, 0) is 11.4 Å². The lowest BCUT2D eigenvalue weighted by molar-refractivity contribution is -0.275. The van der Waals surface area contributed by atoms with Crippen molar-refractivity contribution in [3.63, 3.8) is 0 Å². The van der Waals surface area contributed by atoms with Gasteiger partial charge in [0.2, 0.25) is 0 Å². The van der Waals surface area contributed by atoms with Crippen LogP contribution in [-0.4, -0.2) is 12.6 Å². The van der Waals surface area contributed by atoms with Crippen molar-refractivity contribution in [2.75, 3.05) is 0 Å². The first kappa shape index (κ1) is 12.7. The molecule has 1 aliphatic carbocycles. The smallest absolute Gasteiger partial charge is 0.405 e. The highest BCUT2D eigenvalue weighted by atomic mass is 19.4. The van der Waals surface area contributed by atoms with E-state index in [1.807, 2.05) is 0 Å². The Bertz CT molecular complexity index is 428. The Labute approximate surface area is 102 Å². The van der Waals surface area contributed by atoms with Crippen molar-refractivity contribution in [3.05, 3.63) is 29.8 Å². The molecular formula is C12H11F3NO2. The zero-order chi connectivity index (χ0) is 13.0. The number of rotatable bonds is 5. The highest BCUT2D eigenvalue weighted by molar-refractivity contribution is 5.62. The molecule has 0 saturated heterocycles. The lowest BCUT2D eigenvalue weighted by Crippen LogP contribution is -2.18. The Hall–Kier alpha value is -1.72. The summed E-state index contributed by atoms with van der Waals surface area (Å²) >= 11 is 0. The fourth-order valence-electron chi connectivity index (χ4n) is 1.27. The number of hydrogen-bond donors (Lipinski definition) is 0. The molecule has 2 rings (SSSR count). The molecule has 1 aliphatic rings. The molecule has 6 heteroatoms. The van der Waals surface area contributed by atoms with Gasteiger partial charge in [-0.15, -0.1) is 13.2 Å². The molecule has 0 N–H and O–H groups in total. The molecule has 0 spiro atoms. The highest BCUT2D eigenvalue weighted by Crippen LogP contribution is 2.27. The molecule has 1 radical (unpaired) electrons. The van der Waals surface area contributed by atoms with E-state index in [4.69, 9.17) is 4.84 Å². The number of hydrogen-bond acceptors (Lipinski definition) is 3. The third-order valence-electron chi connectivity index (χ3n) is 2.30. The quantitative estimate of drug-likeness (QED) is 0.598. The zero-order valence-electron chi connectivity index (χ0n) is 9.41. The number of nitrogens with zero attached hydrogens (tertiary/aromatic N) is 1. The second-order valence-corrected chi connectivity index (χ2v) is 3.92. The van der Waals surface area contributed by atoms with Gasteiger partial charge in [0.1, 0.15) is 18.6 Å². The average Bonchev–Trinajstić information content (AvgIpc) is 3.08. The zero-order valence-corrected chi connectivity index (χ0v) is 9.41. The third-order valence-corrected chi connectivity index (χ3v) is 2.30. The molecule has 1 fully saturated rings. The number of ether oxygens (including phenoxy) is 1. The summed E-state index contributed by atoms with van der Waals surface area (Å²) in [6.45, 7) is -0.0774. The van der Waals surface area contributed by atoms with Crippen LogP contribution in [0.1, 0.15) is 18.4 Å². The molecule has 1 aromatic rings. The Morgan fingerprint density at radius 2 is 2.00 bits per heavy atom. The molecule has 0 bridgehead atoms. The molecule has 0 atom stereocenters. The van der Waals surface area contributed by atoms with E-state index >= 15 is 0 Å². The van der Waals surface area contributed by atoms with Crippen LogP contribution in [0.5, 0.6) is 5.75 Å². The van der Waals surface area contributed by atoms with Crippen molar-refractivity contribution in [2.45, 2.75) is 25.8 Å². The maximum absolute atomic E-state index is 12.1. The Morgan fingerprint density at radius 1 is 1.28 bits per heavy atom. The van der Waals surface area contributed by atoms with Gasteiger partial charge in [0.25, 0.3) is 0 Å². The Balaban J connectivity index is 1.93. The third kappa shape index (κ3) is 4.27. The van der Waals surface area contributed by atoms with E-state index in [0.29, 0.717) is 5.92 Å². The average molecular weight is 258 g/mol. The summed E-state index contributed by atoms with van der Waals surface area (Å²) in [6.07, 6.45) is 0.110. The first-order chi connectivity index (χ1) is 8.54. The maximum Gasteiger partial charge on any atom is 0.573 e. The summed E-state index contributed by atoms with van der Waals surface area (Å²) < 4.78 is 40.3. The lowest BCUT2D eigenvalue weighted by atomic mass is 10.2. The van der Waals surface area contributed by atoms with Crippen molar-refractivity contribution < 1.29 is 22.7 Å². The van der Waals surface area contributed by atoms with E-state index in [0.717, 1.165) is 12.8 Å². The van der Waals surface area contributed by atoms with Crippen LogP contribution in [0.25, 0.3) is 0 Å². The molecule has 1 aromatic carbocycles. The standard InChI is InChI=1S/C12H11F3NO2/c13-12(14,15)18-11-4-2-1-3-10(11)8-17-16-7-9-5-6-9/h1-4,9H,5-6,8H2. The van der Waals surface area contributed by atoms with E-state index in [9.17, 15) is 13.2 Å². The first-order valence-corrected chi connectivity index (χ1v) is 5.46. The van der Waals surface area contributed by atoms with Gasteiger partial charge < -0.3 is 9.57 Å². The monoisotopic (exact) mass is 258 g/mol. The van der Waals surface area contributed by atoms with Gasteiger partial charge >= 0.3 is 6.36 Å². The molecule has 0 aliphatic heterocycles. The van der Waals surface area contributed by atoms with Crippen LogP contribution in [0.15, 0.2) is 29.4 Å². The van der Waals surface area contributed by atoms with E-state index < -0.39 is 6.36 Å². The van der Waals surface area contributed by atoms with Gasteiger partial charge in [-0.2, -0.15) is 0 Å². The van der Waals surface area contributed by atoms with Crippen molar-refractivity contribution in [2.24, 2.45) is 11.1 Å². The van der Waals surface area contributed by atoms with Gasteiger partial charge in [-0.05, 0) is 18.9 Å². The minimum atomic E-state index is -4.71. The molecular weight excluding hydrogens is 247 g/mol. The molecule has 0 unspecified atom stereocenters. The minimum Gasteiger partial charge on any atom is -0.405 e. The summed E-state index contributed by atoms with van der Waals surface area (Å²) in [5.41, 5.74) is 0.288. The van der Waals surface area contributed by atoms with Gasteiger partial charge in [-0.3, -0.25) is 0 Å². The molecule has 0 aromatic heterocycles. The van der Waals surface area contributed by atoms with Crippen LogP contribution >= 0.6 is 0 Å². The van der Waals surface area contributed by atoms with Gasteiger partial charge in [0.05, 0.1) is 0 Å². The van der Waals surface area contributed by atoms with Gasteiger partial charge in [0, 0.05) is 11.5 Å². The molecule has 97 valence electrons. The Kier molecular flexibility index (Phi) is 3.74. The number of para-hydroxylation sites is 1. The van der Waals surface area contributed by atoms with Crippen molar-refractivity contribution in [3.8, 4) is 5.75 Å². The van der Waals surface area contributed by atoms with Crippen molar-refractivity contribution >= 4 is 6.21 Å². The molecule has 1 saturated carbocycles. The topological polar surface area (TPSA) is 30.8 Å². The number of alkyl halides is 3. The highest BCUT2D eigenvalue weighted by Gasteiger charge is 2.32. The SMILES string of the molecule is FC(F)(F)Oc1ccccc1CO/N=[C]\C1CC1. The van der Waals surface area contributed by atoms with Gasteiger partial charge in [0.15, 0.2) is 0 Å². The largest absolute Gasteiger partial charge is 0.573 e. The van der Waals surface area contributed by atoms with Crippen LogP contribution in [0.2, 0.25) is 0 Å². The second kappa shape index (κ2) is 5.29. The summed E-state index contributed by atoms with van der Waals surface area (Å²) in [5, 5.41) is 3.58. The fourth-order valence-corrected chi connectivity index (χ4v) is 1.27. The minimum absolute atomic E-state index is 0.0774. The lowest BCUT2D eigenvalue weighted by Gasteiger charge is -2.12. The van der Waals surface area contributed by atoms with Crippen LogP contribution in [0.4, 0.5) is 13.2 Å². The van der Waals surface area contributed by atoms with E-state index in [2.05, 4.69) is 16.1 Å². The molecule has 18 heavy (non-hydrogen) atoms. The van der Waals surface area contributed by atoms with Gasteiger partial charge in [-0.25, -0.2) is 0 Å². The molecule has 0 heterocycles. The van der Waals surface area contributed by atoms with E-state index in [1.165, 1.54) is 18.2 Å². The Morgan fingerprint density at radius 3 is 2.67 bits per heavy atom. The van der Waals surface area contributed by atoms with Crippen LogP contribution in [0, 0.1) is 5.92 Å². The summed E-state index contributed by atoms with van der Waals surface area (Å²) in [6, 6.07) is 5.80.